The van der Waals surface area contributed by atoms with Gasteiger partial charge in [0.25, 0.3) is 5.91 Å². The highest BCUT2D eigenvalue weighted by Gasteiger charge is 2.13. The minimum atomic E-state index is -0.133. The van der Waals surface area contributed by atoms with Crippen molar-refractivity contribution in [3.05, 3.63) is 46.3 Å². The molecule has 0 spiro atoms. The Kier molecular flexibility index (Phi) is 4.05. The SMILES string of the molecule is Cc1cc(NN)ccc1C(=O)NCc1c(C)noc1C. The highest BCUT2D eigenvalue weighted by atomic mass is 16.5. The molecule has 4 N–H and O–H groups in total. The number of carbonyl (C=O) groups is 1. The summed E-state index contributed by atoms with van der Waals surface area (Å²) < 4.78 is 5.06. The number of hydrogen-bond acceptors (Lipinski definition) is 5. The first-order valence-corrected chi connectivity index (χ1v) is 6.30. The number of nitrogens with zero attached hydrogens (tertiary/aromatic N) is 1. The molecule has 0 aliphatic heterocycles. The van der Waals surface area contributed by atoms with E-state index in [1.165, 1.54) is 0 Å². The molecule has 6 nitrogen and oxygen atoms in total. The molecular formula is C14H18N4O2. The van der Waals surface area contributed by atoms with Gasteiger partial charge in [-0.3, -0.25) is 10.6 Å². The molecule has 0 radical (unpaired) electrons. The molecule has 0 fully saturated rings. The van der Waals surface area contributed by atoms with E-state index in [1.54, 1.807) is 12.1 Å². The number of nitrogens with two attached hydrogens (primary N) is 1. The van der Waals surface area contributed by atoms with E-state index in [4.69, 9.17) is 10.4 Å². The molecule has 0 unspecified atom stereocenters. The maximum Gasteiger partial charge on any atom is 0.251 e. The van der Waals surface area contributed by atoms with Crippen LogP contribution in [0.1, 0.15) is 32.9 Å². The van der Waals surface area contributed by atoms with E-state index < -0.39 is 0 Å². The van der Waals surface area contributed by atoms with Crippen molar-refractivity contribution in [1.82, 2.24) is 10.5 Å². The molecule has 0 saturated heterocycles. The van der Waals surface area contributed by atoms with Crippen LogP contribution in [0.3, 0.4) is 0 Å². The number of rotatable bonds is 4. The number of amides is 1. The second-order valence-corrected chi connectivity index (χ2v) is 4.66. The minimum absolute atomic E-state index is 0.133. The largest absolute Gasteiger partial charge is 0.361 e. The number of anilines is 1. The van der Waals surface area contributed by atoms with Gasteiger partial charge >= 0.3 is 0 Å². The van der Waals surface area contributed by atoms with Crippen molar-refractivity contribution in [1.29, 1.82) is 0 Å². The first-order valence-electron chi connectivity index (χ1n) is 6.30. The zero-order valence-corrected chi connectivity index (χ0v) is 11.8. The van der Waals surface area contributed by atoms with Gasteiger partial charge in [-0.15, -0.1) is 0 Å². The van der Waals surface area contributed by atoms with Crippen LogP contribution in [-0.4, -0.2) is 11.1 Å². The molecular weight excluding hydrogens is 256 g/mol. The zero-order valence-electron chi connectivity index (χ0n) is 11.8. The minimum Gasteiger partial charge on any atom is -0.361 e. The van der Waals surface area contributed by atoms with Crippen LogP contribution in [-0.2, 0) is 6.54 Å². The van der Waals surface area contributed by atoms with Crippen molar-refractivity contribution in [2.75, 3.05) is 5.43 Å². The Labute approximate surface area is 117 Å². The standard InChI is InChI=1S/C14H18N4O2/c1-8-6-11(17-15)4-5-12(8)14(19)16-7-13-9(2)18-20-10(13)3/h4-6,17H,7,15H2,1-3H3,(H,16,19). The quantitative estimate of drug-likeness (QED) is 0.584. The van der Waals surface area contributed by atoms with Crippen LogP contribution in [0.4, 0.5) is 5.69 Å². The summed E-state index contributed by atoms with van der Waals surface area (Å²) in [5, 5.41) is 6.73. The normalized spacial score (nSPS) is 10.4. The molecule has 2 aromatic rings. The molecule has 0 atom stereocenters. The van der Waals surface area contributed by atoms with Crippen LogP contribution in [0, 0.1) is 20.8 Å². The zero-order chi connectivity index (χ0) is 14.7. The number of hydrogen-bond donors (Lipinski definition) is 3. The highest BCUT2D eigenvalue weighted by molar-refractivity contribution is 5.96. The third kappa shape index (κ3) is 2.80. The van der Waals surface area contributed by atoms with Crippen molar-refractivity contribution in [2.24, 2.45) is 5.84 Å². The van der Waals surface area contributed by atoms with Gasteiger partial charge in [0, 0.05) is 23.4 Å². The summed E-state index contributed by atoms with van der Waals surface area (Å²) in [6, 6.07) is 5.33. The Bertz CT molecular complexity index is 615. The van der Waals surface area contributed by atoms with E-state index in [9.17, 15) is 4.79 Å². The molecule has 0 saturated carbocycles. The number of carbonyl (C=O) groups excluding carboxylic acids is 1. The van der Waals surface area contributed by atoms with Crippen LogP contribution in [0.15, 0.2) is 22.7 Å². The van der Waals surface area contributed by atoms with Gasteiger partial charge in [0.15, 0.2) is 0 Å². The Morgan fingerprint density at radius 1 is 1.35 bits per heavy atom. The van der Waals surface area contributed by atoms with Gasteiger partial charge in [-0.25, -0.2) is 0 Å². The van der Waals surface area contributed by atoms with Crippen molar-refractivity contribution < 1.29 is 9.32 Å². The average molecular weight is 274 g/mol. The van der Waals surface area contributed by atoms with E-state index in [-0.39, 0.29) is 5.91 Å². The summed E-state index contributed by atoms with van der Waals surface area (Å²) in [7, 11) is 0. The number of nitrogens with one attached hydrogen (secondary N) is 2. The molecule has 6 heteroatoms. The fourth-order valence-corrected chi connectivity index (χ4v) is 2.03. The van der Waals surface area contributed by atoms with Crippen LogP contribution >= 0.6 is 0 Å². The second-order valence-electron chi connectivity index (χ2n) is 4.66. The van der Waals surface area contributed by atoms with Crippen molar-refractivity contribution in [2.45, 2.75) is 27.3 Å². The van der Waals surface area contributed by atoms with Crippen molar-refractivity contribution in [3.63, 3.8) is 0 Å². The Morgan fingerprint density at radius 2 is 2.10 bits per heavy atom. The predicted octanol–water partition coefficient (Wildman–Crippen LogP) is 1.82. The molecule has 1 aromatic heterocycles. The summed E-state index contributed by atoms with van der Waals surface area (Å²) in [5.74, 6) is 5.92. The van der Waals surface area contributed by atoms with Crippen molar-refractivity contribution in [3.8, 4) is 0 Å². The van der Waals surface area contributed by atoms with Gasteiger partial charge < -0.3 is 15.3 Å². The number of benzene rings is 1. The first kappa shape index (κ1) is 14.1. The topological polar surface area (TPSA) is 93.2 Å². The lowest BCUT2D eigenvalue weighted by atomic mass is 10.1. The van der Waals surface area contributed by atoms with E-state index in [0.29, 0.717) is 12.1 Å². The average Bonchev–Trinajstić information content (AvgIpc) is 2.75. The van der Waals surface area contributed by atoms with Gasteiger partial charge in [-0.05, 0) is 44.5 Å². The molecule has 0 aliphatic rings. The monoisotopic (exact) mass is 274 g/mol. The van der Waals surface area contributed by atoms with Crippen LogP contribution < -0.4 is 16.6 Å². The third-order valence-electron chi connectivity index (χ3n) is 3.24. The Morgan fingerprint density at radius 3 is 2.65 bits per heavy atom. The molecule has 1 heterocycles. The molecule has 0 aliphatic carbocycles. The lowest BCUT2D eigenvalue weighted by Crippen LogP contribution is -2.24. The number of hydrazine groups is 1. The summed E-state index contributed by atoms with van der Waals surface area (Å²) in [6.07, 6.45) is 0. The summed E-state index contributed by atoms with van der Waals surface area (Å²) >= 11 is 0. The van der Waals surface area contributed by atoms with E-state index in [1.807, 2.05) is 26.8 Å². The first-order chi connectivity index (χ1) is 9.52. The molecule has 106 valence electrons. The van der Waals surface area contributed by atoms with Crippen molar-refractivity contribution >= 4 is 11.6 Å². The molecule has 0 bridgehead atoms. The van der Waals surface area contributed by atoms with Crippen LogP contribution in [0.2, 0.25) is 0 Å². The maximum absolute atomic E-state index is 12.2. The summed E-state index contributed by atoms with van der Waals surface area (Å²) in [4.78, 5) is 12.2. The predicted molar refractivity (Wildman–Crippen MR) is 76.1 cm³/mol. The number of nitrogen functional groups attached to an aromatic ring is 1. The van der Waals surface area contributed by atoms with Gasteiger partial charge in [-0.2, -0.15) is 0 Å². The molecule has 1 aromatic carbocycles. The summed E-state index contributed by atoms with van der Waals surface area (Å²) in [5.41, 5.74) is 6.51. The fraction of sp³-hybridized carbons (Fsp3) is 0.286. The van der Waals surface area contributed by atoms with E-state index in [2.05, 4.69) is 15.9 Å². The summed E-state index contributed by atoms with van der Waals surface area (Å²) in [6.45, 7) is 5.95. The lowest BCUT2D eigenvalue weighted by molar-refractivity contribution is 0.0950. The van der Waals surface area contributed by atoms with Gasteiger partial charge in [0.05, 0.1) is 5.69 Å². The molecule has 2 rings (SSSR count). The second kappa shape index (κ2) is 5.75. The molecule has 1 amide bonds. The van der Waals surface area contributed by atoms with Gasteiger partial charge in [0.2, 0.25) is 0 Å². The smallest absolute Gasteiger partial charge is 0.251 e. The third-order valence-corrected chi connectivity index (χ3v) is 3.24. The fourth-order valence-electron chi connectivity index (χ4n) is 2.03. The Balaban J connectivity index is 2.09. The number of aromatic nitrogens is 1. The lowest BCUT2D eigenvalue weighted by Gasteiger charge is -2.09. The Hall–Kier alpha value is -2.34. The van der Waals surface area contributed by atoms with E-state index >= 15 is 0 Å². The van der Waals surface area contributed by atoms with Gasteiger partial charge in [-0.1, -0.05) is 5.16 Å². The maximum atomic E-state index is 12.2. The highest BCUT2D eigenvalue weighted by Crippen LogP contribution is 2.15. The van der Waals surface area contributed by atoms with Gasteiger partial charge in [0.1, 0.15) is 5.76 Å². The molecule has 20 heavy (non-hydrogen) atoms. The van der Waals surface area contributed by atoms with Crippen LogP contribution in [0.25, 0.3) is 0 Å². The van der Waals surface area contributed by atoms with Crippen LogP contribution in [0.5, 0.6) is 0 Å². The van der Waals surface area contributed by atoms with E-state index in [0.717, 1.165) is 28.3 Å². The number of aryl methyl sites for hydroxylation is 3.